The van der Waals surface area contributed by atoms with Gasteiger partial charge in [0.2, 0.25) is 0 Å². The molecule has 0 bridgehead atoms. The molecule has 0 aliphatic carbocycles. The number of benzene rings is 2. The third kappa shape index (κ3) is 6.07. The molecule has 1 unspecified atom stereocenters. The molecule has 1 saturated heterocycles. The predicted octanol–water partition coefficient (Wildman–Crippen LogP) is 2.42. The number of hydrogen-bond donors (Lipinski definition) is 1. The minimum atomic E-state index is -0.489. The van der Waals surface area contributed by atoms with Crippen LogP contribution in [0.15, 0.2) is 48.5 Å². The Labute approximate surface area is 161 Å². The summed E-state index contributed by atoms with van der Waals surface area (Å²) in [4.78, 5) is 4.70. The molecule has 1 heterocycles. The number of ether oxygens (including phenoxy) is 1. The van der Waals surface area contributed by atoms with E-state index in [9.17, 15) is 5.11 Å². The summed E-state index contributed by atoms with van der Waals surface area (Å²) < 4.78 is 5.67. The Morgan fingerprint density at radius 2 is 1.63 bits per heavy atom. The normalized spacial score (nSPS) is 16.6. The maximum Gasteiger partial charge on any atom is 0.119 e. The van der Waals surface area contributed by atoms with E-state index in [0.29, 0.717) is 18.7 Å². The standard InChI is InChI=1S/C22H27N3O2/c1-18-2-8-22(9-3-18)27-17-21(26)16-25-12-10-24(11-13-25)15-20-6-4-19(14-23)5-7-20/h2-9,21,26H,10-13,15-17H2,1H3. The Balaban J connectivity index is 1.37. The molecule has 1 aliphatic heterocycles. The summed E-state index contributed by atoms with van der Waals surface area (Å²) >= 11 is 0. The number of nitrogens with zero attached hydrogens (tertiary/aromatic N) is 3. The summed E-state index contributed by atoms with van der Waals surface area (Å²) in [6.07, 6.45) is -0.489. The van der Waals surface area contributed by atoms with Crippen LogP contribution in [-0.4, -0.2) is 60.3 Å². The number of aliphatic hydroxyl groups is 1. The van der Waals surface area contributed by atoms with Crippen LogP contribution < -0.4 is 4.74 Å². The molecule has 3 rings (SSSR count). The van der Waals surface area contributed by atoms with Crippen molar-refractivity contribution in [3.05, 3.63) is 65.2 Å². The molecule has 142 valence electrons. The van der Waals surface area contributed by atoms with E-state index in [1.807, 2.05) is 55.5 Å². The van der Waals surface area contributed by atoms with Crippen molar-refractivity contribution < 1.29 is 9.84 Å². The van der Waals surface area contributed by atoms with Crippen molar-refractivity contribution in [2.75, 3.05) is 39.3 Å². The van der Waals surface area contributed by atoms with E-state index < -0.39 is 6.10 Å². The van der Waals surface area contributed by atoms with Crippen LogP contribution in [0.2, 0.25) is 0 Å². The van der Waals surface area contributed by atoms with Gasteiger partial charge in [-0.15, -0.1) is 0 Å². The first-order valence-corrected chi connectivity index (χ1v) is 9.43. The van der Waals surface area contributed by atoms with E-state index in [2.05, 4.69) is 15.9 Å². The van der Waals surface area contributed by atoms with Crippen molar-refractivity contribution in [2.24, 2.45) is 0 Å². The topological polar surface area (TPSA) is 59.7 Å². The summed E-state index contributed by atoms with van der Waals surface area (Å²) in [6.45, 7) is 7.73. The number of piperazine rings is 1. The van der Waals surface area contributed by atoms with E-state index in [4.69, 9.17) is 10.00 Å². The fraction of sp³-hybridized carbons (Fsp3) is 0.409. The lowest BCUT2D eigenvalue weighted by Gasteiger charge is -2.35. The third-order valence-corrected chi connectivity index (χ3v) is 4.89. The van der Waals surface area contributed by atoms with Gasteiger partial charge in [0, 0.05) is 39.3 Å². The van der Waals surface area contributed by atoms with Crippen molar-refractivity contribution in [3.63, 3.8) is 0 Å². The van der Waals surface area contributed by atoms with E-state index >= 15 is 0 Å². The summed E-state index contributed by atoms with van der Waals surface area (Å²) in [5.74, 6) is 0.798. The predicted molar refractivity (Wildman–Crippen MR) is 106 cm³/mol. The lowest BCUT2D eigenvalue weighted by atomic mass is 10.1. The fourth-order valence-electron chi connectivity index (χ4n) is 3.25. The van der Waals surface area contributed by atoms with Crippen molar-refractivity contribution in [1.29, 1.82) is 5.26 Å². The first-order valence-electron chi connectivity index (χ1n) is 9.43. The minimum Gasteiger partial charge on any atom is -0.491 e. The van der Waals surface area contributed by atoms with Crippen molar-refractivity contribution in [3.8, 4) is 11.8 Å². The van der Waals surface area contributed by atoms with E-state index in [-0.39, 0.29) is 0 Å². The van der Waals surface area contributed by atoms with Gasteiger partial charge in [-0.25, -0.2) is 0 Å². The first kappa shape index (κ1) is 19.4. The SMILES string of the molecule is Cc1ccc(OCC(O)CN2CCN(Cc3ccc(C#N)cc3)CC2)cc1. The average Bonchev–Trinajstić information content (AvgIpc) is 2.70. The average molecular weight is 365 g/mol. The van der Waals surface area contributed by atoms with Gasteiger partial charge in [0.1, 0.15) is 18.5 Å². The molecule has 1 fully saturated rings. The van der Waals surface area contributed by atoms with Gasteiger partial charge in [-0.2, -0.15) is 5.26 Å². The molecule has 5 heteroatoms. The largest absolute Gasteiger partial charge is 0.491 e. The molecular formula is C22H27N3O2. The maximum absolute atomic E-state index is 10.3. The zero-order valence-corrected chi connectivity index (χ0v) is 15.8. The molecule has 1 aliphatic rings. The molecule has 5 nitrogen and oxygen atoms in total. The highest BCUT2D eigenvalue weighted by atomic mass is 16.5. The summed E-state index contributed by atoms with van der Waals surface area (Å²) in [6, 6.07) is 17.8. The van der Waals surface area contributed by atoms with Crippen molar-refractivity contribution >= 4 is 0 Å². The molecule has 0 radical (unpaired) electrons. The molecule has 27 heavy (non-hydrogen) atoms. The van der Waals surface area contributed by atoms with Crippen LogP contribution in [0.4, 0.5) is 0 Å². The highest BCUT2D eigenvalue weighted by Crippen LogP contribution is 2.13. The van der Waals surface area contributed by atoms with Gasteiger partial charge in [-0.05, 0) is 36.8 Å². The van der Waals surface area contributed by atoms with Crippen LogP contribution in [0.3, 0.4) is 0 Å². The lowest BCUT2D eigenvalue weighted by molar-refractivity contribution is 0.0446. The van der Waals surface area contributed by atoms with Gasteiger partial charge >= 0.3 is 0 Å². The Morgan fingerprint density at radius 3 is 2.26 bits per heavy atom. The van der Waals surface area contributed by atoms with Crippen LogP contribution in [0.25, 0.3) is 0 Å². The number of nitriles is 1. The van der Waals surface area contributed by atoms with Crippen LogP contribution >= 0.6 is 0 Å². The molecule has 0 spiro atoms. The minimum absolute atomic E-state index is 0.314. The third-order valence-electron chi connectivity index (χ3n) is 4.89. The van der Waals surface area contributed by atoms with E-state index in [1.165, 1.54) is 11.1 Å². The number of rotatable bonds is 7. The van der Waals surface area contributed by atoms with Crippen molar-refractivity contribution in [1.82, 2.24) is 9.80 Å². The lowest BCUT2D eigenvalue weighted by Crippen LogP contribution is -2.48. The number of aliphatic hydroxyl groups excluding tert-OH is 1. The first-order chi connectivity index (χ1) is 13.1. The molecule has 1 atom stereocenters. The smallest absolute Gasteiger partial charge is 0.119 e. The molecule has 0 aromatic heterocycles. The summed E-state index contributed by atoms with van der Waals surface area (Å²) in [5.41, 5.74) is 3.13. The second-order valence-electron chi connectivity index (χ2n) is 7.16. The number of aryl methyl sites for hydroxylation is 1. The van der Waals surface area contributed by atoms with Gasteiger partial charge in [-0.1, -0.05) is 29.8 Å². The molecular weight excluding hydrogens is 338 g/mol. The van der Waals surface area contributed by atoms with Crippen LogP contribution in [-0.2, 0) is 6.54 Å². The second-order valence-corrected chi connectivity index (χ2v) is 7.16. The zero-order valence-electron chi connectivity index (χ0n) is 15.8. The summed E-state index contributed by atoms with van der Waals surface area (Å²) in [5, 5.41) is 19.1. The second kappa shape index (κ2) is 9.52. The highest BCUT2D eigenvalue weighted by molar-refractivity contribution is 5.31. The Morgan fingerprint density at radius 1 is 1.00 bits per heavy atom. The van der Waals surface area contributed by atoms with Crippen LogP contribution in [0, 0.1) is 18.3 Å². The van der Waals surface area contributed by atoms with E-state index in [1.54, 1.807) is 0 Å². The van der Waals surface area contributed by atoms with Gasteiger partial charge < -0.3 is 9.84 Å². The zero-order chi connectivity index (χ0) is 19.1. The highest BCUT2D eigenvalue weighted by Gasteiger charge is 2.19. The molecule has 2 aromatic rings. The Hall–Kier alpha value is -2.39. The quantitative estimate of drug-likeness (QED) is 0.817. The summed E-state index contributed by atoms with van der Waals surface area (Å²) in [7, 11) is 0. The van der Waals surface area contributed by atoms with Crippen LogP contribution in [0.1, 0.15) is 16.7 Å². The Bertz CT molecular complexity index is 745. The molecule has 2 aromatic carbocycles. The molecule has 0 saturated carbocycles. The van der Waals surface area contributed by atoms with Crippen LogP contribution in [0.5, 0.6) is 5.75 Å². The van der Waals surface area contributed by atoms with Crippen molar-refractivity contribution in [2.45, 2.75) is 19.6 Å². The molecule has 0 amide bonds. The Kier molecular flexibility index (Phi) is 6.83. The van der Waals surface area contributed by atoms with Gasteiger partial charge in [0.05, 0.1) is 11.6 Å². The van der Waals surface area contributed by atoms with Gasteiger partial charge in [0.15, 0.2) is 0 Å². The van der Waals surface area contributed by atoms with Gasteiger partial charge in [-0.3, -0.25) is 9.80 Å². The fourth-order valence-corrected chi connectivity index (χ4v) is 3.25. The molecule has 1 N–H and O–H groups in total. The van der Waals surface area contributed by atoms with Gasteiger partial charge in [0.25, 0.3) is 0 Å². The monoisotopic (exact) mass is 365 g/mol. The number of β-amino-alcohol motifs (C(OH)–C–C–N with tert-alkyl or cyclic N) is 1. The maximum atomic E-state index is 10.3. The number of hydrogen-bond acceptors (Lipinski definition) is 5. The van der Waals surface area contributed by atoms with E-state index in [0.717, 1.165) is 38.5 Å².